The molecule has 7 heteroatoms. The molecule has 0 radical (unpaired) electrons. The lowest BCUT2D eigenvalue weighted by molar-refractivity contribution is -0.159. The predicted molar refractivity (Wildman–Crippen MR) is 54.9 cm³/mol. The van der Waals surface area contributed by atoms with Gasteiger partial charge in [0.2, 0.25) is 0 Å². The van der Waals surface area contributed by atoms with Crippen LogP contribution in [0.1, 0.15) is 12.8 Å². The summed E-state index contributed by atoms with van der Waals surface area (Å²) in [6, 6.07) is -0.302. The third kappa shape index (κ3) is 2.75. The summed E-state index contributed by atoms with van der Waals surface area (Å²) in [5, 5.41) is 30.8. The van der Waals surface area contributed by atoms with Crippen LogP contribution in [0.4, 0.5) is 0 Å². The van der Waals surface area contributed by atoms with E-state index in [1.165, 1.54) is 0 Å². The van der Waals surface area contributed by atoms with Crippen LogP contribution in [0.2, 0.25) is 0 Å². The minimum Gasteiger partial charge on any atom is -0.462 e. The zero-order valence-corrected chi connectivity index (χ0v) is 9.28. The van der Waals surface area contributed by atoms with Crippen molar-refractivity contribution in [1.29, 1.82) is 0 Å². The van der Waals surface area contributed by atoms with Gasteiger partial charge in [-0.05, 0) is 19.4 Å². The highest BCUT2D eigenvalue weighted by molar-refractivity contribution is 5.76. The van der Waals surface area contributed by atoms with Gasteiger partial charge >= 0.3 is 5.97 Å². The second-order valence-electron chi connectivity index (χ2n) is 4.33. The summed E-state index contributed by atoms with van der Waals surface area (Å²) in [5.41, 5.74) is 0. The molecule has 2 fully saturated rings. The van der Waals surface area contributed by atoms with Crippen LogP contribution in [0, 0.1) is 0 Å². The van der Waals surface area contributed by atoms with E-state index in [4.69, 9.17) is 14.6 Å². The highest BCUT2D eigenvalue weighted by atomic mass is 16.7. The number of aliphatic hydroxyl groups excluding tert-OH is 3. The lowest BCUT2D eigenvalue weighted by Gasteiger charge is -2.16. The molecule has 17 heavy (non-hydrogen) atoms. The Labute approximate surface area is 98.3 Å². The summed E-state index contributed by atoms with van der Waals surface area (Å²) in [5.74, 6) is -0.394. The highest BCUT2D eigenvalue weighted by Crippen LogP contribution is 2.20. The molecule has 2 rings (SSSR count). The number of carbonyl (C=O) groups excluding carboxylic acids is 1. The predicted octanol–water partition coefficient (Wildman–Crippen LogP) is -2.28. The molecule has 0 aromatic carbocycles. The Bertz CT molecular complexity index is 280. The molecule has 4 N–H and O–H groups in total. The van der Waals surface area contributed by atoms with Gasteiger partial charge in [0.15, 0.2) is 6.29 Å². The van der Waals surface area contributed by atoms with E-state index in [-0.39, 0.29) is 12.6 Å². The molecule has 0 bridgehead atoms. The first-order chi connectivity index (χ1) is 8.09. The summed E-state index contributed by atoms with van der Waals surface area (Å²) in [6.45, 7) is 0.617. The molecule has 0 amide bonds. The molecule has 1 unspecified atom stereocenters. The van der Waals surface area contributed by atoms with Crippen LogP contribution in [-0.2, 0) is 14.3 Å². The SMILES string of the molecule is O=C(OC[C@H]1OC(O)[C@H](O)[C@@H]1O)[C@@H]1CCCN1. The first-order valence-corrected chi connectivity index (χ1v) is 5.69. The van der Waals surface area contributed by atoms with Crippen LogP contribution in [0.15, 0.2) is 0 Å². The highest BCUT2D eigenvalue weighted by Gasteiger charge is 2.42. The van der Waals surface area contributed by atoms with Gasteiger partial charge in [-0.25, -0.2) is 0 Å². The van der Waals surface area contributed by atoms with Gasteiger partial charge in [-0.3, -0.25) is 4.79 Å². The molecule has 0 spiro atoms. The Morgan fingerprint density at radius 3 is 2.65 bits per heavy atom. The number of hydrogen-bond donors (Lipinski definition) is 4. The third-order valence-corrected chi connectivity index (χ3v) is 3.07. The largest absolute Gasteiger partial charge is 0.462 e. The number of rotatable bonds is 3. The van der Waals surface area contributed by atoms with Crippen molar-refractivity contribution in [2.75, 3.05) is 13.2 Å². The molecular weight excluding hydrogens is 230 g/mol. The van der Waals surface area contributed by atoms with Crippen LogP contribution in [0.3, 0.4) is 0 Å². The zero-order valence-electron chi connectivity index (χ0n) is 9.28. The molecule has 7 nitrogen and oxygen atoms in total. The average Bonchev–Trinajstić information content (AvgIpc) is 2.91. The third-order valence-electron chi connectivity index (χ3n) is 3.07. The Morgan fingerprint density at radius 1 is 1.35 bits per heavy atom. The summed E-state index contributed by atoms with van der Waals surface area (Å²) >= 11 is 0. The lowest BCUT2D eigenvalue weighted by Crippen LogP contribution is -2.38. The van der Waals surface area contributed by atoms with E-state index in [2.05, 4.69) is 5.32 Å². The van der Waals surface area contributed by atoms with E-state index in [0.717, 1.165) is 19.4 Å². The van der Waals surface area contributed by atoms with Crippen molar-refractivity contribution in [3.8, 4) is 0 Å². The Balaban J connectivity index is 1.76. The standard InChI is InChI=1S/C10H17NO6/c12-7-6(17-10(15)8(7)13)4-16-9(14)5-2-1-3-11-5/h5-8,10-13,15H,1-4H2/t5-,6+,7+,8+,10?/m0/s1. The van der Waals surface area contributed by atoms with Gasteiger partial charge in [0, 0.05) is 0 Å². The first kappa shape index (κ1) is 12.7. The minimum atomic E-state index is -1.43. The molecule has 2 aliphatic rings. The van der Waals surface area contributed by atoms with Gasteiger partial charge in [-0.1, -0.05) is 0 Å². The summed E-state index contributed by atoms with van der Waals surface area (Å²) < 4.78 is 9.83. The van der Waals surface area contributed by atoms with E-state index in [1.807, 2.05) is 0 Å². The Kier molecular flexibility index (Phi) is 3.95. The first-order valence-electron chi connectivity index (χ1n) is 5.69. The van der Waals surface area contributed by atoms with Gasteiger partial charge in [0.05, 0.1) is 0 Å². The van der Waals surface area contributed by atoms with Crippen molar-refractivity contribution in [3.63, 3.8) is 0 Å². The number of aliphatic hydroxyl groups is 3. The Morgan fingerprint density at radius 2 is 2.12 bits per heavy atom. The van der Waals surface area contributed by atoms with Crippen molar-refractivity contribution in [2.24, 2.45) is 0 Å². The number of nitrogens with one attached hydrogen (secondary N) is 1. The molecule has 2 aliphatic heterocycles. The van der Waals surface area contributed by atoms with E-state index in [1.54, 1.807) is 0 Å². The van der Waals surface area contributed by atoms with Crippen LogP contribution >= 0.6 is 0 Å². The molecular formula is C10H17NO6. The van der Waals surface area contributed by atoms with Gasteiger partial charge in [-0.15, -0.1) is 0 Å². The lowest BCUT2D eigenvalue weighted by atomic mass is 10.1. The van der Waals surface area contributed by atoms with Crippen molar-refractivity contribution in [1.82, 2.24) is 5.32 Å². The molecule has 2 saturated heterocycles. The fourth-order valence-electron chi connectivity index (χ4n) is 2.02. The monoisotopic (exact) mass is 247 g/mol. The van der Waals surface area contributed by atoms with Crippen molar-refractivity contribution < 1.29 is 29.6 Å². The van der Waals surface area contributed by atoms with Gasteiger partial charge in [-0.2, -0.15) is 0 Å². The summed E-state index contributed by atoms with van der Waals surface area (Å²) in [4.78, 5) is 11.5. The van der Waals surface area contributed by atoms with Gasteiger partial charge in [0.1, 0.15) is 31.0 Å². The zero-order chi connectivity index (χ0) is 12.4. The molecule has 0 aromatic rings. The molecule has 0 aromatic heterocycles. The number of carbonyl (C=O) groups is 1. The van der Waals surface area contributed by atoms with Crippen LogP contribution in [0.5, 0.6) is 0 Å². The maximum Gasteiger partial charge on any atom is 0.323 e. The van der Waals surface area contributed by atoms with Crippen molar-refractivity contribution in [2.45, 2.75) is 43.5 Å². The van der Waals surface area contributed by atoms with E-state index in [0.29, 0.717) is 0 Å². The van der Waals surface area contributed by atoms with Gasteiger partial charge < -0.3 is 30.1 Å². The topological polar surface area (TPSA) is 108 Å². The van der Waals surface area contributed by atoms with Crippen LogP contribution < -0.4 is 5.32 Å². The second kappa shape index (κ2) is 5.28. The van der Waals surface area contributed by atoms with Gasteiger partial charge in [0.25, 0.3) is 0 Å². The minimum absolute atomic E-state index is 0.174. The van der Waals surface area contributed by atoms with E-state index >= 15 is 0 Å². The Hall–Kier alpha value is -0.730. The number of esters is 1. The van der Waals surface area contributed by atoms with Crippen LogP contribution in [0.25, 0.3) is 0 Å². The fourth-order valence-corrected chi connectivity index (χ4v) is 2.02. The normalized spacial score (nSPS) is 41.7. The number of hydrogen-bond acceptors (Lipinski definition) is 7. The van der Waals surface area contributed by atoms with E-state index < -0.39 is 30.6 Å². The summed E-state index contributed by atoms with van der Waals surface area (Å²) in [6.07, 6.45) is -3.25. The molecule has 0 saturated carbocycles. The summed E-state index contributed by atoms with van der Waals surface area (Å²) in [7, 11) is 0. The van der Waals surface area contributed by atoms with Crippen molar-refractivity contribution >= 4 is 5.97 Å². The molecule has 2 heterocycles. The fraction of sp³-hybridized carbons (Fsp3) is 0.900. The van der Waals surface area contributed by atoms with Crippen molar-refractivity contribution in [3.05, 3.63) is 0 Å². The van der Waals surface area contributed by atoms with E-state index in [9.17, 15) is 15.0 Å². The molecule has 0 aliphatic carbocycles. The van der Waals surface area contributed by atoms with Crippen LogP contribution in [-0.4, -0.2) is 65.1 Å². The smallest absolute Gasteiger partial charge is 0.323 e. The average molecular weight is 247 g/mol. The second-order valence-corrected chi connectivity index (χ2v) is 4.33. The molecule has 98 valence electrons. The molecule has 5 atom stereocenters. The quantitative estimate of drug-likeness (QED) is 0.416. The maximum absolute atomic E-state index is 11.5. The number of ether oxygens (including phenoxy) is 2. The maximum atomic E-state index is 11.5.